The Morgan fingerprint density at radius 1 is 1.39 bits per heavy atom. The van der Waals surface area contributed by atoms with E-state index in [0.29, 0.717) is 11.8 Å². The highest BCUT2D eigenvalue weighted by Gasteiger charge is 2.37. The number of carbonyl (C=O) groups is 1. The van der Waals surface area contributed by atoms with Crippen molar-refractivity contribution in [2.45, 2.75) is 39.0 Å². The lowest BCUT2D eigenvalue weighted by atomic mass is 9.97. The molecule has 2 rings (SSSR count). The van der Waals surface area contributed by atoms with Gasteiger partial charge in [0.1, 0.15) is 0 Å². The van der Waals surface area contributed by atoms with E-state index in [1.165, 1.54) is 12.8 Å². The van der Waals surface area contributed by atoms with Crippen molar-refractivity contribution in [3.05, 3.63) is 29.8 Å². The summed E-state index contributed by atoms with van der Waals surface area (Å²) in [5.41, 5.74) is 7.95. The summed E-state index contributed by atoms with van der Waals surface area (Å²) in [7, 11) is 0. The van der Waals surface area contributed by atoms with E-state index in [-0.39, 0.29) is 11.8 Å². The van der Waals surface area contributed by atoms with Crippen molar-refractivity contribution < 1.29 is 4.79 Å². The third-order valence-electron chi connectivity index (χ3n) is 3.81. The van der Waals surface area contributed by atoms with Gasteiger partial charge in [0.25, 0.3) is 0 Å². The molecule has 18 heavy (non-hydrogen) atoms. The summed E-state index contributed by atoms with van der Waals surface area (Å²) in [6.07, 6.45) is 3.02. The van der Waals surface area contributed by atoms with E-state index in [0.717, 1.165) is 17.8 Å². The molecule has 0 bridgehead atoms. The van der Waals surface area contributed by atoms with Crippen LogP contribution >= 0.6 is 0 Å². The molecule has 1 atom stereocenters. The number of carbonyl (C=O) groups excluding carboxylic acids is 1. The van der Waals surface area contributed by atoms with Crippen LogP contribution in [0, 0.1) is 5.41 Å². The second kappa shape index (κ2) is 5.01. The number of hydrogen-bond acceptors (Lipinski definition) is 2. The molecule has 1 amide bonds. The summed E-state index contributed by atoms with van der Waals surface area (Å²) in [6.45, 7) is 5.11. The van der Waals surface area contributed by atoms with Gasteiger partial charge >= 0.3 is 0 Å². The van der Waals surface area contributed by atoms with E-state index in [4.69, 9.17) is 5.73 Å². The minimum Gasteiger partial charge on any atom is -0.399 e. The van der Waals surface area contributed by atoms with Crippen molar-refractivity contribution >= 4 is 11.6 Å². The average molecular weight is 246 g/mol. The lowest BCUT2D eigenvalue weighted by molar-refractivity contribution is -0.121. The standard InChI is InChI=1S/C15H22N2O/c1-11(12-3-5-13(16)6-4-12)9-14(18)17-10-15(2)7-8-15/h3-6,11H,7-10,16H2,1-2H3,(H,17,18). The largest absolute Gasteiger partial charge is 0.399 e. The van der Waals surface area contributed by atoms with Crippen molar-refractivity contribution in [3.8, 4) is 0 Å². The highest BCUT2D eigenvalue weighted by atomic mass is 16.1. The van der Waals surface area contributed by atoms with Crippen LogP contribution in [0.4, 0.5) is 5.69 Å². The maximum absolute atomic E-state index is 11.8. The Labute approximate surface area is 109 Å². The van der Waals surface area contributed by atoms with Crippen LogP contribution in [0.25, 0.3) is 0 Å². The van der Waals surface area contributed by atoms with Gasteiger partial charge in [0.2, 0.25) is 5.91 Å². The summed E-state index contributed by atoms with van der Waals surface area (Å²) in [5.74, 6) is 0.380. The Hall–Kier alpha value is -1.51. The quantitative estimate of drug-likeness (QED) is 0.785. The van der Waals surface area contributed by atoms with E-state index >= 15 is 0 Å². The number of benzene rings is 1. The number of nitrogens with one attached hydrogen (secondary N) is 1. The molecule has 3 N–H and O–H groups in total. The van der Waals surface area contributed by atoms with Crippen molar-refractivity contribution in [3.63, 3.8) is 0 Å². The molecule has 0 aliphatic heterocycles. The highest BCUT2D eigenvalue weighted by molar-refractivity contribution is 5.76. The third kappa shape index (κ3) is 3.49. The Bertz CT molecular complexity index is 421. The average Bonchev–Trinajstić information content (AvgIpc) is 3.06. The first kappa shape index (κ1) is 12.9. The topological polar surface area (TPSA) is 55.1 Å². The van der Waals surface area contributed by atoms with Gasteiger partial charge in [0.05, 0.1) is 0 Å². The van der Waals surface area contributed by atoms with Crippen LogP contribution in [-0.2, 0) is 4.79 Å². The van der Waals surface area contributed by atoms with E-state index in [1.54, 1.807) is 0 Å². The molecule has 3 nitrogen and oxygen atoms in total. The van der Waals surface area contributed by atoms with Gasteiger partial charge in [0, 0.05) is 18.7 Å². The summed E-state index contributed by atoms with van der Waals surface area (Å²) >= 11 is 0. The summed E-state index contributed by atoms with van der Waals surface area (Å²) in [4.78, 5) is 11.8. The van der Waals surface area contributed by atoms with Crippen molar-refractivity contribution in [2.75, 3.05) is 12.3 Å². The normalized spacial score (nSPS) is 18.1. The Kier molecular flexibility index (Phi) is 3.60. The second-order valence-corrected chi connectivity index (χ2v) is 5.86. The molecule has 0 radical (unpaired) electrons. The molecule has 0 aromatic heterocycles. The third-order valence-corrected chi connectivity index (χ3v) is 3.81. The molecular weight excluding hydrogens is 224 g/mol. The Balaban J connectivity index is 1.80. The number of rotatable bonds is 5. The first-order valence-electron chi connectivity index (χ1n) is 6.61. The number of nitrogens with two attached hydrogens (primary N) is 1. The van der Waals surface area contributed by atoms with Crippen LogP contribution in [0.3, 0.4) is 0 Å². The Morgan fingerprint density at radius 3 is 2.56 bits per heavy atom. The van der Waals surface area contributed by atoms with E-state index in [1.807, 2.05) is 24.3 Å². The second-order valence-electron chi connectivity index (χ2n) is 5.86. The molecule has 1 aliphatic carbocycles. The zero-order valence-corrected chi connectivity index (χ0v) is 11.2. The maximum Gasteiger partial charge on any atom is 0.220 e. The molecule has 1 saturated carbocycles. The highest BCUT2D eigenvalue weighted by Crippen LogP contribution is 2.44. The fourth-order valence-electron chi connectivity index (χ4n) is 1.99. The lowest BCUT2D eigenvalue weighted by Crippen LogP contribution is -2.29. The fourth-order valence-corrected chi connectivity index (χ4v) is 1.99. The SMILES string of the molecule is CC(CC(=O)NCC1(C)CC1)c1ccc(N)cc1. The van der Waals surface area contributed by atoms with Gasteiger partial charge in [-0.25, -0.2) is 0 Å². The number of amides is 1. The first-order valence-corrected chi connectivity index (χ1v) is 6.61. The van der Waals surface area contributed by atoms with Crippen molar-refractivity contribution in [2.24, 2.45) is 5.41 Å². The van der Waals surface area contributed by atoms with E-state index < -0.39 is 0 Å². The van der Waals surface area contributed by atoms with Gasteiger partial charge in [-0.2, -0.15) is 0 Å². The summed E-state index contributed by atoms with van der Waals surface area (Å²) in [6, 6.07) is 7.76. The predicted molar refractivity (Wildman–Crippen MR) is 74.2 cm³/mol. The molecule has 0 spiro atoms. The smallest absolute Gasteiger partial charge is 0.220 e. The molecule has 1 unspecified atom stereocenters. The van der Waals surface area contributed by atoms with E-state index in [2.05, 4.69) is 19.2 Å². The molecular formula is C15H22N2O. The van der Waals surface area contributed by atoms with Crippen LogP contribution in [0.5, 0.6) is 0 Å². The molecule has 98 valence electrons. The molecule has 0 saturated heterocycles. The van der Waals surface area contributed by atoms with Gasteiger partial charge in [0.15, 0.2) is 0 Å². The molecule has 1 aliphatic rings. The Morgan fingerprint density at radius 2 is 2.00 bits per heavy atom. The predicted octanol–water partition coefficient (Wildman–Crippen LogP) is 2.68. The van der Waals surface area contributed by atoms with Gasteiger partial charge in [-0.05, 0) is 41.9 Å². The zero-order valence-electron chi connectivity index (χ0n) is 11.2. The zero-order chi connectivity index (χ0) is 13.2. The monoisotopic (exact) mass is 246 g/mol. The van der Waals surface area contributed by atoms with Crippen molar-refractivity contribution in [1.29, 1.82) is 0 Å². The summed E-state index contributed by atoms with van der Waals surface area (Å²) in [5, 5.41) is 3.03. The van der Waals surface area contributed by atoms with Gasteiger partial charge in [-0.15, -0.1) is 0 Å². The first-order chi connectivity index (χ1) is 8.48. The van der Waals surface area contributed by atoms with Gasteiger partial charge < -0.3 is 11.1 Å². The minimum absolute atomic E-state index is 0.146. The number of anilines is 1. The van der Waals surface area contributed by atoms with Crippen LogP contribution in [-0.4, -0.2) is 12.5 Å². The van der Waals surface area contributed by atoms with Crippen molar-refractivity contribution in [1.82, 2.24) is 5.32 Å². The number of nitrogen functional groups attached to an aromatic ring is 1. The molecule has 1 aromatic rings. The van der Waals surface area contributed by atoms with Gasteiger partial charge in [-0.1, -0.05) is 26.0 Å². The lowest BCUT2D eigenvalue weighted by Gasteiger charge is -2.14. The van der Waals surface area contributed by atoms with Crippen LogP contribution < -0.4 is 11.1 Å². The van der Waals surface area contributed by atoms with Crippen LogP contribution in [0.15, 0.2) is 24.3 Å². The fraction of sp³-hybridized carbons (Fsp3) is 0.533. The number of hydrogen-bond donors (Lipinski definition) is 2. The minimum atomic E-state index is 0.146. The molecule has 1 fully saturated rings. The van der Waals surface area contributed by atoms with Crippen LogP contribution in [0.1, 0.15) is 44.6 Å². The maximum atomic E-state index is 11.8. The van der Waals surface area contributed by atoms with Gasteiger partial charge in [-0.3, -0.25) is 4.79 Å². The van der Waals surface area contributed by atoms with E-state index in [9.17, 15) is 4.79 Å². The van der Waals surface area contributed by atoms with Crippen LogP contribution in [0.2, 0.25) is 0 Å². The summed E-state index contributed by atoms with van der Waals surface area (Å²) < 4.78 is 0. The molecule has 1 aromatic carbocycles. The molecule has 0 heterocycles. The molecule has 3 heteroatoms.